The lowest BCUT2D eigenvalue weighted by molar-refractivity contribution is -0.127. The van der Waals surface area contributed by atoms with Gasteiger partial charge in [0.05, 0.1) is 0 Å². The van der Waals surface area contributed by atoms with E-state index in [-0.39, 0.29) is 11.8 Å². The zero-order valence-electron chi connectivity index (χ0n) is 12.7. The number of halogens is 1. The molecule has 1 fully saturated rings. The highest BCUT2D eigenvalue weighted by Gasteiger charge is 2.32. The Labute approximate surface area is 142 Å². The van der Waals surface area contributed by atoms with Crippen LogP contribution in [0.2, 0.25) is 0 Å². The molecule has 1 atom stereocenters. The molecule has 0 spiro atoms. The Morgan fingerprint density at radius 3 is 2.83 bits per heavy atom. The molecule has 2 heterocycles. The normalized spacial score (nSPS) is 17.9. The summed E-state index contributed by atoms with van der Waals surface area (Å²) in [7, 11) is 0. The topological polar surface area (TPSA) is 67.2 Å². The van der Waals surface area contributed by atoms with Crippen LogP contribution in [0.1, 0.15) is 23.8 Å². The number of piperazine rings is 1. The Balaban J connectivity index is 1.83. The molecular weight excluding hydrogens is 360 g/mol. The summed E-state index contributed by atoms with van der Waals surface area (Å²) >= 11 is 3.40. The average molecular weight is 377 g/mol. The Morgan fingerprint density at radius 1 is 1.39 bits per heavy atom. The first-order valence-corrected chi connectivity index (χ1v) is 8.28. The van der Waals surface area contributed by atoms with Crippen LogP contribution in [0.4, 0.5) is 0 Å². The Hall–Kier alpha value is -2.15. The third kappa shape index (κ3) is 3.14. The number of carbonyl (C=O) groups excluding carboxylic acids is 2. The van der Waals surface area contributed by atoms with Crippen LogP contribution in [-0.4, -0.2) is 45.4 Å². The van der Waals surface area contributed by atoms with E-state index < -0.39 is 6.04 Å². The lowest BCUT2D eigenvalue weighted by Crippen LogP contribution is -2.56. The summed E-state index contributed by atoms with van der Waals surface area (Å²) in [6.45, 7) is 2.89. The molecule has 1 aromatic carbocycles. The van der Waals surface area contributed by atoms with E-state index in [0.29, 0.717) is 25.2 Å². The molecule has 1 aromatic heterocycles. The molecule has 0 radical (unpaired) electrons. The standard InChI is InChI=1S/C16H17BrN4O2/c1-2-14-15(22)18-7-8-21(14)16(23)13-9-20(10-19-13)12-5-3-11(17)4-6-12/h3-6,9-10,14H,2,7-8H2,1H3,(H,18,22)/t14-/m1/s1. The van der Waals surface area contributed by atoms with Gasteiger partial charge >= 0.3 is 0 Å². The maximum absolute atomic E-state index is 12.7. The molecule has 7 heteroatoms. The van der Waals surface area contributed by atoms with E-state index in [2.05, 4.69) is 26.2 Å². The molecule has 120 valence electrons. The molecule has 23 heavy (non-hydrogen) atoms. The minimum Gasteiger partial charge on any atom is -0.353 e. The molecule has 1 aliphatic rings. The van der Waals surface area contributed by atoms with Crippen LogP contribution < -0.4 is 5.32 Å². The maximum Gasteiger partial charge on any atom is 0.274 e. The number of rotatable bonds is 3. The molecule has 1 N–H and O–H groups in total. The molecular formula is C16H17BrN4O2. The highest BCUT2D eigenvalue weighted by atomic mass is 79.9. The van der Waals surface area contributed by atoms with Gasteiger partial charge in [-0.3, -0.25) is 9.59 Å². The number of aromatic nitrogens is 2. The molecule has 2 amide bonds. The second kappa shape index (κ2) is 6.54. The number of hydrogen-bond acceptors (Lipinski definition) is 3. The fraction of sp³-hybridized carbons (Fsp3) is 0.312. The predicted octanol–water partition coefficient (Wildman–Crippen LogP) is 1.99. The summed E-state index contributed by atoms with van der Waals surface area (Å²) in [4.78, 5) is 30.4. The first kappa shape index (κ1) is 15.7. The van der Waals surface area contributed by atoms with E-state index in [1.807, 2.05) is 31.2 Å². The average Bonchev–Trinajstić information content (AvgIpc) is 3.04. The third-order valence-corrected chi connectivity index (χ3v) is 4.43. The maximum atomic E-state index is 12.7. The van der Waals surface area contributed by atoms with Crippen LogP contribution in [-0.2, 0) is 4.79 Å². The van der Waals surface area contributed by atoms with Gasteiger partial charge in [0.2, 0.25) is 5.91 Å². The zero-order valence-corrected chi connectivity index (χ0v) is 14.3. The molecule has 2 aromatic rings. The summed E-state index contributed by atoms with van der Waals surface area (Å²) in [6.07, 6.45) is 3.90. The van der Waals surface area contributed by atoms with Crippen molar-refractivity contribution in [1.82, 2.24) is 19.8 Å². The largest absolute Gasteiger partial charge is 0.353 e. The number of nitrogens with zero attached hydrogens (tertiary/aromatic N) is 3. The van der Waals surface area contributed by atoms with Gasteiger partial charge in [0.1, 0.15) is 18.1 Å². The summed E-state index contributed by atoms with van der Waals surface area (Å²) in [5.74, 6) is -0.304. The van der Waals surface area contributed by atoms with E-state index in [1.54, 1.807) is 22.0 Å². The minimum absolute atomic E-state index is 0.0977. The monoisotopic (exact) mass is 376 g/mol. The van der Waals surface area contributed by atoms with Gasteiger partial charge in [0.15, 0.2) is 0 Å². The lowest BCUT2D eigenvalue weighted by Gasteiger charge is -2.33. The van der Waals surface area contributed by atoms with Gasteiger partial charge in [0.25, 0.3) is 5.91 Å². The van der Waals surface area contributed by atoms with Gasteiger partial charge in [0, 0.05) is 29.4 Å². The van der Waals surface area contributed by atoms with Crippen LogP contribution >= 0.6 is 15.9 Å². The molecule has 0 aliphatic carbocycles. The van der Waals surface area contributed by atoms with Gasteiger partial charge in [-0.1, -0.05) is 22.9 Å². The Bertz CT molecular complexity index is 726. The van der Waals surface area contributed by atoms with Gasteiger partial charge in [-0.15, -0.1) is 0 Å². The van der Waals surface area contributed by atoms with Crippen molar-refractivity contribution in [3.05, 3.63) is 47.0 Å². The first-order chi connectivity index (χ1) is 11.1. The Kier molecular flexibility index (Phi) is 4.47. The molecule has 1 aliphatic heterocycles. The van der Waals surface area contributed by atoms with Crippen molar-refractivity contribution in [2.75, 3.05) is 13.1 Å². The van der Waals surface area contributed by atoms with E-state index in [1.165, 1.54) is 0 Å². The van der Waals surface area contributed by atoms with Crippen molar-refractivity contribution in [3.63, 3.8) is 0 Å². The van der Waals surface area contributed by atoms with Crippen LogP contribution in [0.3, 0.4) is 0 Å². The molecule has 3 rings (SSSR count). The quantitative estimate of drug-likeness (QED) is 0.890. The van der Waals surface area contributed by atoms with Crippen molar-refractivity contribution < 1.29 is 9.59 Å². The first-order valence-electron chi connectivity index (χ1n) is 7.48. The molecule has 0 saturated carbocycles. The van der Waals surface area contributed by atoms with Crippen molar-refractivity contribution in [1.29, 1.82) is 0 Å². The number of amides is 2. The number of hydrogen-bond donors (Lipinski definition) is 1. The summed E-state index contributed by atoms with van der Waals surface area (Å²) in [5.41, 5.74) is 1.27. The van der Waals surface area contributed by atoms with Crippen molar-refractivity contribution >= 4 is 27.7 Å². The van der Waals surface area contributed by atoms with Gasteiger partial charge < -0.3 is 14.8 Å². The number of nitrogens with one attached hydrogen (secondary N) is 1. The van der Waals surface area contributed by atoms with Gasteiger partial charge in [-0.05, 0) is 30.7 Å². The smallest absolute Gasteiger partial charge is 0.274 e. The predicted molar refractivity (Wildman–Crippen MR) is 89.4 cm³/mol. The molecule has 1 saturated heterocycles. The number of benzene rings is 1. The van der Waals surface area contributed by atoms with Crippen LogP contribution in [0.15, 0.2) is 41.3 Å². The SMILES string of the molecule is CC[C@@H]1C(=O)NCCN1C(=O)c1cn(-c2ccc(Br)cc2)cn1. The van der Waals surface area contributed by atoms with Crippen molar-refractivity contribution in [2.24, 2.45) is 0 Å². The molecule has 0 bridgehead atoms. The highest BCUT2D eigenvalue weighted by Crippen LogP contribution is 2.16. The summed E-state index contributed by atoms with van der Waals surface area (Å²) in [5, 5.41) is 2.79. The van der Waals surface area contributed by atoms with Crippen molar-refractivity contribution in [3.8, 4) is 5.69 Å². The summed E-state index contributed by atoms with van der Waals surface area (Å²) in [6, 6.07) is 7.30. The van der Waals surface area contributed by atoms with Gasteiger partial charge in [-0.25, -0.2) is 4.98 Å². The van der Waals surface area contributed by atoms with E-state index in [4.69, 9.17) is 0 Å². The highest BCUT2D eigenvalue weighted by molar-refractivity contribution is 9.10. The third-order valence-electron chi connectivity index (χ3n) is 3.90. The van der Waals surface area contributed by atoms with E-state index in [9.17, 15) is 9.59 Å². The minimum atomic E-state index is -0.422. The Morgan fingerprint density at radius 2 is 2.13 bits per heavy atom. The van der Waals surface area contributed by atoms with E-state index >= 15 is 0 Å². The van der Waals surface area contributed by atoms with Crippen LogP contribution in [0.5, 0.6) is 0 Å². The second-order valence-corrected chi connectivity index (χ2v) is 6.27. The molecule has 6 nitrogen and oxygen atoms in total. The van der Waals surface area contributed by atoms with E-state index in [0.717, 1.165) is 10.2 Å². The lowest BCUT2D eigenvalue weighted by atomic mass is 10.1. The van der Waals surface area contributed by atoms with Gasteiger partial charge in [-0.2, -0.15) is 0 Å². The second-order valence-electron chi connectivity index (χ2n) is 5.36. The summed E-state index contributed by atoms with van der Waals surface area (Å²) < 4.78 is 2.78. The molecule has 0 unspecified atom stereocenters. The van der Waals surface area contributed by atoms with Crippen molar-refractivity contribution in [2.45, 2.75) is 19.4 Å². The number of imidazole rings is 1. The van der Waals surface area contributed by atoms with Crippen LogP contribution in [0.25, 0.3) is 5.69 Å². The zero-order chi connectivity index (χ0) is 16.4. The fourth-order valence-electron chi connectivity index (χ4n) is 2.70. The van der Waals surface area contributed by atoms with Crippen LogP contribution in [0, 0.1) is 0 Å². The fourth-order valence-corrected chi connectivity index (χ4v) is 2.96. The number of carbonyl (C=O) groups is 2.